The first-order valence-corrected chi connectivity index (χ1v) is 4.72. The second-order valence-electron chi connectivity index (χ2n) is 3.18. The molecule has 2 unspecified atom stereocenters. The Hall–Kier alpha value is -0.340. The van der Waals surface area contributed by atoms with Crippen LogP contribution in [0.4, 0.5) is 0 Å². The summed E-state index contributed by atoms with van der Waals surface area (Å²) in [5.41, 5.74) is 0. The Morgan fingerprint density at radius 1 is 1.50 bits per heavy atom. The quantitative estimate of drug-likeness (QED) is 0.332. The predicted molar refractivity (Wildman–Crippen MR) is 49.2 cm³/mol. The van der Waals surface area contributed by atoms with Crippen molar-refractivity contribution < 1.29 is 9.47 Å². The Balaban J connectivity index is 1.89. The minimum absolute atomic E-state index is 0.372. The summed E-state index contributed by atoms with van der Waals surface area (Å²) >= 11 is 0. The number of rotatable bonds is 7. The summed E-state index contributed by atoms with van der Waals surface area (Å²) < 4.78 is 10.7. The largest absolute Gasteiger partial charge is 0.375 e. The van der Waals surface area contributed by atoms with Gasteiger partial charge >= 0.3 is 0 Å². The van der Waals surface area contributed by atoms with Crippen LogP contribution >= 0.6 is 0 Å². The van der Waals surface area contributed by atoms with E-state index in [-0.39, 0.29) is 0 Å². The van der Waals surface area contributed by atoms with Crippen molar-refractivity contribution in [3.8, 4) is 0 Å². The minimum Gasteiger partial charge on any atom is -0.375 e. The van der Waals surface area contributed by atoms with Crippen molar-refractivity contribution in [2.75, 3.05) is 13.2 Å². The van der Waals surface area contributed by atoms with Crippen molar-refractivity contribution in [3.63, 3.8) is 0 Å². The molecule has 70 valence electrons. The topological polar surface area (TPSA) is 21.8 Å². The zero-order valence-corrected chi connectivity index (χ0v) is 7.79. The fourth-order valence-electron chi connectivity index (χ4n) is 1.25. The van der Waals surface area contributed by atoms with Crippen molar-refractivity contribution in [3.05, 3.63) is 12.7 Å². The molecule has 12 heavy (non-hydrogen) atoms. The molecule has 1 aliphatic heterocycles. The molecule has 1 rings (SSSR count). The van der Waals surface area contributed by atoms with E-state index in [1.165, 1.54) is 19.3 Å². The molecule has 0 saturated carbocycles. The summed E-state index contributed by atoms with van der Waals surface area (Å²) in [6.07, 6.45) is 6.33. The van der Waals surface area contributed by atoms with Gasteiger partial charge in [0.15, 0.2) is 0 Å². The Morgan fingerprint density at radius 3 is 3.00 bits per heavy atom. The van der Waals surface area contributed by atoms with Crippen LogP contribution in [-0.2, 0) is 9.47 Å². The van der Waals surface area contributed by atoms with Crippen LogP contribution in [0.5, 0.6) is 0 Å². The molecule has 2 heteroatoms. The van der Waals surface area contributed by atoms with E-state index >= 15 is 0 Å². The van der Waals surface area contributed by atoms with Gasteiger partial charge in [-0.1, -0.05) is 25.8 Å². The molecule has 0 aliphatic carbocycles. The highest BCUT2D eigenvalue weighted by molar-refractivity contribution is 4.84. The summed E-state index contributed by atoms with van der Waals surface area (Å²) in [5.74, 6) is 0. The van der Waals surface area contributed by atoms with Gasteiger partial charge in [-0.3, -0.25) is 0 Å². The average molecular weight is 170 g/mol. The first kappa shape index (κ1) is 9.75. The lowest BCUT2D eigenvalue weighted by atomic mass is 10.2. The van der Waals surface area contributed by atoms with Gasteiger partial charge in [0.1, 0.15) is 6.10 Å². The molecule has 0 radical (unpaired) electrons. The van der Waals surface area contributed by atoms with Gasteiger partial charge in [-0.25, -0.2) is 0 Å². The van der Waals surface area contributed by atoms with Crippen LogP contribution in [0.2, 0.25) is 0 Å². The van der Waals surface area contributed by atoms with Crippen molar-refractivity contribution >= 4 is 0 Å². The molecule has 0 spiro atoms. The van der Waals surface area contributed by atoms with Gasteiger partial charge in [-0.05, 0) is 6.42 Å². The van der Waals surface area contributed by atoms with Gasteiger partial charge in [0.05, 0.1) is 19.3 Å². The highest BCUT2D eigenvalue weighted by Gasteiger charge is 2.37. The molecule has 0 amide bonds. The lowest BCUT2D eigenvalue weighted by molar-refractivity contribution is 0.141. The molecule has 0 N–H and O–H groups in total. The number of hydrogen-bond donors (Lipinski definition) is 0. The zero-order valence-electron chi connectivity index (χ0n) is 7.79. The van der Waals surface area contributed by atoms with Gasteiger partial charge in [-0.15, -0.1) is 6.58 Å². The Bertz CT molecular complexity index is 134. The summed E-state index contributed by atoms with van der Waals surface area (Å²) in [7, 11) is 0. The summed E-state index contributed by atoms with van der Waals surface area (Å²) in [6, 6.07) is 0. The van der Waals surface area contributed by atoms with Crippen molar-refractivity contribution in [2.45, 2.75) is 38.4 Å². The molecule has 0 bridgehead atoms. The SMILES string of the molecule is C=CCOCC1OC1CCCC. The summed E-state index contributed by atoms with van der Waals surface area (Å²) in [5, 5.41) is 0. The van der Waals surface area contributed by atoms with Crippen LogP contribution < -0.4 is 0 Å². The van der Waals surface area contributed by atoms with Crippen molar-refractivity contribution in [1.82, 2.24) is 0 Å². The van der Waals surface area contributed by atoms with Gasteiger partial charge in [0.2, 0.25) is 0 Å². The molecule has 1 aliphatic rings. The molecule has 1 heterocycles. The fraction of sp³-hybridized carbons (Fsp3) is 0.800. The van der Waals surface area contributed by atoms with E-state index in [1.807, 2.05) is 0 Å². The third-order valence-corrected chi connectivity index (χ3v) is 2.05. The van der Waals surface area contributed by atoms with E-state index in [0.717, 1.165) is 6.61 Å². The molecular weight excluding hydrogens is 152 g/mol. The van der Waals surface area contributed by atoms with E-state index in [9.17, 15) is 0 Å². The van der Waals surface area contributed by atoms with E-state index in [4.69, 9.17) is 9.47 Å². The lowest BCUT2D eigenvalue weighted by Crippen LogP contribution is -2.04. The first-order valence-electron chi connectivity index (χ1n) is 4.72. The van der Waals surface area contributed by atoms with Gasteiger partial charge < -0.3 is 9.47 Å². The van der Waals surface area contributed by atoms with Crippen molar-refractivity contribution in [2.24, 2.45) is 0 Å². The van der Waals surface area contributed by atoms with Crippen LogP contribution in [0.15, 0.2) is 12.7 Å². The van der Waals surface area contributed by atoms with Gasteiger partial charge in [0.25, 0.3) is 0 Å². The number of hydrogen-bond acceptors (Lipinski definition) is 2. The highest BCUT2D eigenvalue weighted by Crippen LogP contribution is 2.27. The maximum absolute atomic E-state index is 5.41. The van der Waals surface area contributed by atoms with Crippen LogP contribution in [0.1, 0.15) is 26.2 Å². The van der Waals surface area contributed by atoms with E-state index in [2.05, 4.69) is 13.5 Å². The normalized spacial score (nSPS) is 27.1. The minimum atomic E-state index is 0.372. The standard InChI is InChI=1S/C10H18O2/c1-3-5-6-9-10(12-9)8-11-7-4-2/h4,9-10H,2-3,5-8H2,1H3. The number of ether oxygens (including phenoxy) is 2. The maximum Gasteiger partial charge on any atom is 0.107 e. The lowest BCUT2D eigenvalue weighted by Gasteiger charge is -1.95. The van der Waals surface area contributed by atoms with Crippen molar-refractivity contribution in [1.29, 1.82) is 0 Å². The first-order chi connectivity index (χ1) is 5.88. The van der Waals surface area contributed by atoms with Gasteiger partial charge in [0, 0.05) is 0 Å². The Kier molecular flexibility index (Phi) is 4.33. The van der Waals surface area contributed by atoms with E-state index in [1.54, 1.807) is 6.08 Å². The van der Waals surface area contributed by atoms with E-state index < -0.39 is 0 Å². The van der Waals surface area contributed by atoms with Crippen LogP contribution in [-0.4, -0.2) is 25.4 Å². The molecule has 2 atom stereocenters. The maximum atomic E-state index is 5.41. The summed E-state index contributed by atoms with van der Waals surface area (Å²) in [4.78, 5) is 0. The Labute approximate surface area is 74.6 Å². The Morgan fingerprint density at radius 2 is 2.33 bits per heavy atom. The molecule has 0 aromatic heterocycles. The van der Waals surface area contributed by atoms with Crippen LogP contribution in [0, 0.1) is 0 Å². The van der Waals surface area contributed by atoms with Crippen LogP contribution in [0.25, 0.3) is 0 Å². The smallest absolute Gasteiger partial charge is 0.107 e. The molecule has 0 aromatic carbocycles. The third-order valence-electron chi connectivity index (χ3n) is 2.05. The zero-order chi connectivity index (χ0) is 8.81. The molecular formula is C10H18O2. The monoisotopic (exact) mass is 170 g/mol. The summed E-state index contributed by atoms with van der Waals surface area (Å²) in [6.45, 7) is 7.16. The van der Waals surface area contributed by atoms with E-state index in [0.29, 0.717) is 18.8 Å². The average Bonchev–Trinajstić information content (AvgIpc) is 2.81. The molecule has 1 saturated heterocycles. The molecule has 2 nitrogen and oxygen atoms in total. The third kappa shape index (κ3) is 3.37. The highest BCUT2D eigenvalue weighted by atomic mass is 16.6. The fourth-order valence-corrected chi connectivity index (χ4v) is 1.25. The number of epoxide rings is 1. The number of unbranched alkanes of at least 4 members (excludes halogenated alkanes) is 1. The molecule has 1 fully saturated rings. The second-order valence-corrected chi connectivity index (χ2v) is 3.18. The second kappa shape index (κ2) is 5.33. The van der Waals surface area contributed by atoms with Gasteiger partial charge in [-0.2, -0.15) is 0 Å². The van der Waals surface area contributed by atoms with Crippen LogP contribution in [0.3, 0.4) is 0 Å². The predicted octanol–water partition coefficient (Wildman–Crippen LogP) is 2.15. The molecule has 0 aromatic rings.